The van der Waals surface area contributed by atoms with E-state index in [1.807, 2.05) is 37.4 Å². The number of nitrogens with zero attached hydrogens (tertiary/aromatic N) is 4. The van der Waals surface area contributed by atoms with Gasteiger partial charge in [-0.15, -0.1) is 0 Å². The molecular formula is C24H29FN4O2. The van der Waals surface area contributed by atoms with Crippen molar-refractivity contribution >= 4 is 11.7 Å². The zero-order valence-electron chi connectivity index (χ0n) is 18.3. The van der Waals surface area contributed by atoms with Gasteiger partial charge in [0.25, 0.3) is 0 Å². The highest BCUT2D eigenvalue weighted by atomic mass is 19.1. The zero-order chi connectivity index (χ0) is 22.0. The molecule has 7 heteroatoms. The summed E-state index contributed by atoms with van der Waals surface area (Å²) in [6.45, 7) is 5.05. The Morgan fingerprint density at radius 1 is 1.19 bits per heavy atom. The van der Waals surface area contributed by atoms with Gasteiger partial charge in [0.15, 0.2) is 0 Å². The van der Waals surface area contributed by atoms with Gasteiger partial charge in [0, 0.05) is 19.2 Å². The third kappa shape index (κ3) is 4.28. The number of hydrogen-bond acceptors (Lipinski definition) is 4. The molecule has 4 rings (SSSR count). The van der Waals surface area contributed by atoms with E-state index in [4.69, 9.17) is 9.84 Å². The zero-order valence-corrected chi connectivity index (χ0v) is 18.3. The Labute approximate surface area is 182 Å². The van der Waals surface area contributed by atoms with E-state index in [2.05, 4.69) is 18.9 Å². The highest BCUT2D eigenvalue weighted by molar-refractivity contribution is 6.07. The van der Waals surface area contributed by atoms with Crippen LogP contribution in [0.5, 0.6) is 5.75 Å². The SMILES string of the molecule is CCN(C)CCCN(C)C(=O)N1N=C2c3cc(F)ccc3OCC2C1c1ccccc1. The molecule has 2 atom stereocenters. The largest absolute Gasteiger partial charge is 0.492 e. The van der Waals surface area contributed by atoms with Gasteiger partial charge in [-0.3, -0.25) is 0 Å². The molecule has 0 aliphatic carbocycles. The molecule has 2 heterocycles. The first-order chi connectivity index (χ1) is 15.0. The maximum atomic E-state index is 14.0. The van der Waals surface area contributed by atoms with E-state index in [0.717, 1.165) is 25.1 Å². The Morgan fingerprint density at radius 3 is 2.71 bits per heavy atom. The lowest BCUT2D eigenvalue weighted by Gasteiger charge is -2.31. The number of carbonyl (C=O) groups is 1. The summed E-state index contributed by atoms with van der Waals surface area (Å²) in [4.78, 5) is 17.4. The van der Waals surface area contributed by atoms with Gasteiger partial charge < -0.3 is 14.5 Å². The molecule has 0 radical (unpaired) electrons. The summed E-state index contributed by atoms with van der Waals surface area (Å²) in [6.07, 6.45) is 0.883. The summed E-state index contributed by atoms with van der Waals surface area (Å²) in [6, 6.07) is 13.9. The van der Waals surface area contributed by atoms with Crippen LogP contribution in [0.15, 0.2) is 53.6 Å². The molecule has 2 aromatic carbocycles. The highest BCUT2D eigenvalue weighted by Gasteiger charge is 2.45. The minimum absolute atomic E-state index is 0.153. The molecule has 164 valence electrons. The summed E-state index contributed by atoms with van der Waals surface area (Å²) >= 11 is 0. The molecule has 2 aliphatic rings. The molecule has 0 aromatic heterocycles. The molecule has 0 bridgehead atoms. The van der Waals surface area contributed by atoms with Crippen LogP contribution in [-0.2, 0) is 0 Å². The predicted octanol–water partition coefficient (Wildman–Crippen LogP) is 3.99. The van der Waals surface area contributed by atoms with Crippen molar-refractivity contribution < 1.29 is 13.9 Å². The van der Waals surface area contributed by atoms with Crippen LogP contribution in [0.25, 0.3) is 0 Å². The Bertz CT molecular complexity index is 965. The molecule has 0 fully saturated rings. The molecule has 6 nitrogen and oxygen atoms in total. The Morgan fingerprint density at radius 2 is 1.97 bits per heavy atom. The van der Waals surface area contributed by atoms with Crippen molar-refractivity contribution in [1.82, 2.24) is 14.8 Å². The first kappa shape index (κ1) is 21.3. The number of ether oxygens (including phenoxy) is 1. The quantitative estimate of drug-likeness (QED) is 0.705. The third-order valence-electron chi connectivity index (χ3n) is 6.08. The molecule has 2 aliphatic heterocycles. The molecule has 2 aromatic rings. The number of amides is 2. The standard InChI is InChI=1S/C24H29FN4O2/c1-4-27(2)13-8-14-28(3)24(30)29-23(17-9-6-5-7-10-17)20-16-31-21-12-11-18(25)15-19(21)22(20)26-29/h5-7,9-12,15,20,23H,4,8,13-14,16H2,1-3H3. The van der Waals surface area contributed by atoms with Gasteiger partial charge in [0.05, 0.1) is 24.3 Å². The molecule has 0 spiro atoms. The normalized spacial score (nSPS) is 19.5. The van der Waals surface area contributed by atoms with Crippen LogP contribution >= 0.6 is 0 Å². The molecular weight excluding hydrogens is 395 g/mol. The molecule has 0 saturated carbocycles. The van der Waals surface area contributed by atoms with E-state index in [9.17, 15) is 9.18 Å². The number of rotatable bonds is 6. The van der Waals surface area contributed by atoms with E-state index in [0.29, 0.717) is 30.2 Å². The van der Waals surface area contributed by atoms with Crippen LogP contribution in [-0.4, -0.2) is 66.9 Å². The van der Waals surface area contributed by atoms with Crippen LogP contribution in [0.1, 0.15) is 30.5 Å². The maximum absolute atomic E-state index is 14.0. The minimum Gasteiger partial charge on any atom is -0.492 e. The smallest absolute Gasteiger partial charge is 0.340 e. The molecule has 2 amide bonds. The maximum Gasteiger partial charge on any atom is 0.340 e. The monoisotopic (exact) mass is 424 g/mol. The number of benzene rings is 2. The van der Waals surface area contributed by atoms with Crippen molar-refractivity contribution in [2.45, 2.75) is 19.4 Å². The summed E-state index contributed by atoms with van der Waals surface area (Å²) in [5.74, 6) is 0.109. The lowest BCUT2D eigenvalue weighted by molar-refractivity contribution is 0.132. The van der Waals surface area contributed by atoms with Crippen molar-refractivity contribution in [3.63, 3.8) is 0 Å². The summed E-state index contributed by atoms with van der Waals surface area (Å²) < 4.78 is 19.9. The van der Waals surface area contributed by atoms with E-state index in [1.165, 1.54) is 12.1 Å². The average Bonchev–Trinajstić information content (AvgIpc) is 3.19. The second-order valence-corrected chi connectivity index (χ2v) is 8.20. The first-order valence-corrected chi connectivity index (χ1v) is 10.8. The summed E-state index contributed by atoms with van der Waals surface area (Å²) in [5.41, 5.74) is 2.32. The number of halogens is 1. The number of carbonyl (C=O) groups excluding carboxylic acids is 1. The lowest BCUT2D eigenvalue weighted by Crippen LogP contribution is -2.41. The van der Waals surface area contributed by atoms with Crippen LogP contribution < -0.4 is 4.74 Å². The lowest BCUT2D eigenvalue weighted by atomic mass is 9.86. The summed E-state index contributed by atoms with van der Waals surface area (Å²) in [5, 5.41) is 6.29. The van der Waals surface area contributed by atoms with Crippen LogP contribution in [0.2, 0.25) is 0 Å². The first-order valence-electron chi connectivity index (χ1n) is 10.8. The van der Waals surface area contributed by atoms with Crippen LogP contribution in [0.3, 0.4) is 0 Å². The van der Waals surface area contributed by atoms with Gasteiger partial charge >= 0.3 is 6.03 Å². The number of fused-ring (bicyclic) bond motifs is 3. The van der Waals surface area contributed by atoms with Crippen molar-refractivity contribution in [1.29, 1.82) is 0 Å². The fourth-order valence-corrected chi connectivity index (χ4v) is 4.20. The van der Waals surface area contributed by atoms with Gasteiger partial charge in [0.2, 0.25) is 0 Å². The Kier molecular flexibility index (Phi) is 6.23. The van der Waals surface area contributed by atoms with Crippen LogP contribution in [0, 0.1) is 11.7 Å². The number of hydrazone groups is 1. The highest BCUT2D eigenvalue weighted by Crippen LogP contribution is 2.42. The minimum atomic E-state index is -0.344. The predicted molar refractivity (Wildman–Crippen MR) is 119 cm³/mol. The Balaban J connectivity index is 1.63. The molecule has 0 saturated heterocycles. The van der Waals surface area contributed by atoms with Gasteiger partial charge in [-0.25, -0.2) is 14.2 Å². The van der Waals surface area contributed by atoms with E-state index >= 15 is 0 Å². The van der Waals surface area contributed by atoms with Gasteiger partial charge in [0.1, 0.15) is 11.6 Å². The second kappa shape index (κ2) is 9.06. The van der Waals surface area contributed by atoms with E-state index in [1.54, 1.807) is 16.0 Å². The van der Waals surface area contributed by atoms with Gasteiger partial charge in [-0.1, -0.05) is 37.3 Å². The van der Waals surface area contributed by atoms with E-state index in [-0.39, 0.29) is 23.8 Å². The van der Waals surface area contributed by atoms with Crippen molar-refractivity contribution in [3.8, 4) is 5.75 Å². The molecule has 0 N–H and O–H groups in total. The van der Waals surface area contributed by atoms with Crippen molar-refractivity contribution in [2.24, 2.45) is 11.0 Å². The fraction of sp³-hybridized carbons (Fsp3) is 0.417. The van der Waals surface area contributed by atoms with Crippen molar-refractivity contribution in [3.05, 3.63) is 65.5 Å². The molecule has 31 heavy (non-hydrogen) atoms. The number of hydrogen-bond donors (Lipinski definition) is 0. The fourth-order valence-electron chi connectivity index (χ4n) is 4.20. The Hall–Kier alpha value is -2.93. The van der Waals surface area contributed by atoms with E-state index < -0.39 is 0 Å². The van der Waals surface area contributed by atoms with Gasteiger partial charge in [-0.2, -0.15) is 5.10 Å². The summed E-state index contributed by atoms with van der Waals surface area (Å²) in [7, 11) is 3.88. The van der Waals surface area contributed by atoms with Gasteiger partial charge in [-0.05, 0) is 50.3 Å². The van der Waals surface area contributed by atoms with Crippen LogP contribution in [0.4, 0.5) is 9.18 Å². The average molecular weight is 425 g/mol. The van der Waals surface area contributed by atoms with Crippen molar-refractivity contribution in [2.75, 3.05) is 40.3 Å². The molecule has 2 unspecified atom stereocenters. The second-order valence-electron chi connectivity index (χ2n) is 8.20. The third-order valence-corrected chi connectivity index (χ3v) is 6.08. The number of urea groups is 1. The topological polar surface area (TPSA) is 48.4 Å².